The van der Waals surface area contributed by atoms with Gasteiger partial charge in [-0.15, -0.1) is 10.2 Å². The lowest BCUT2D eigenvalue weighted by Crippen LogP contribution is -2.11. The van der Waals surface area contributed by atoms with Gasteiger partial charge in [-0.3, -0.25) is 0 Å². The quantitative estimate of drug-likeness (QED) is 0.500. The number of hydrogen-bond donors (Lipinski definition) is 0. The van der Waals surface area contributed by atoms with Gasteiger partial charge in [0, 0.05) is 16.8 Å². The van der Waals surface area contributed by atoms with E-state index in [4.69, 9.17) is 0 Å². The minimum absolute atomic E-state index is 0.156. The summed E-state index contributed by atoms with van der Waals surface area (Å²) in [5, 5.41) is 9.06. The number of sulfone groups is 1. The van der Waals surface area contributed by atoms with Crippen LogP contribution in [0.15, 0.2) is 69.1 Å². The zero-order chi connectivity index (χ0) is 18.6. The zero-order valence-electron chi connectivity index (χ0n) is 14.2. The van der Waals surface area contributed by atoms with Crippen LogP contribution in [0.25, 0.3) is 0 Å². The second-order valence-electron chi connectivity index (χ2n) is 5.63. The van der Waals surface area contributed by atoms with Crippen molar-refractivity contribution in [3.05, 3.63) is 70.5 Å². The van der Waals surface area contributed by atoms with E-state index >= 15 is 0 Å². The summed E-state index contributed by atoms with van der Waals surface area (Å²) in [5.74, 6) is 1.06. The predicted octanol–water partition coefficient (Wildman–Crippen LogP) is 4.33. The van der Waals surface area contributed by atoms with E-state index in [0.29, 0.717) is 17.3 Å². The molecule has 0 saturated carbocycles. The number of thioether (sulfide) groups is 1. The second kappa shape index (κ2) is 8.37. The molecule has 1 heterocycles. The Morgan fingerprint density at radius 1 is 1.04 bits per heavy atom. The lowest BCUT2D eigenvalue weighted by molar-refractivity contribution is 0.588. The van der Waals surface area contributed by atoms with Crippen LogP contribution in [-0.4, -0.2) is 23.2 Å². The molecule has 3 rings (SSSR count). The van der Waals surface area contributed by atoms with Gasteiger partial charge >= 0.3 is 0 Å². The molecular weight excluding hydrogens is 434 g/mol. The normalized spacial score (nSPS) is 11.6. The molecule has 26 heavy (non-hydrogen) atoms. The molecule has 0 fully saturated rings. The van der Waals surface area contributed by atoms with Gasteiger partial charge in [0.2, 0.25) is 0 Å². The minimum atomic E-state index is -3.44. The van der Waals surface area contributed by atoms with Gasteiger partial charge in [0.1, 0.15) is 11.6 Å². The molecule has 0 aliphatic rings. The molecule has 3 aromatic rings. The molecule has 0 N–H and O–H groups in total. The molecule has 5 nitrogen and oxygen atoms in total. The van der Waals surface area contributed by atoms with Gasteiger partial charge in [-0.2, -0.15) is 0 Å². The topological polar surface area (TPSA) is 64.8 Å². The fourth-order valence-corrected chi connectivity index (χ4v) is 4.99. The van der Waals surface area contributed by atoms with Crippen molar-refractivity contribution >= 4 is 37.5 Å². The standard InChI is InChI=1S/C18H18BrN3O2S2/c1-2-22-17(13-26(23,24)16-6-4-3-5-7-16)20-21-18(22)25-12-14-8-10-15(19)11-9-14/h3-11H,2,12-13H2,1H3. The highest BCUT2D eigenvalue weighted by molar-refractivity contribution is 9.10. The Morgan fingerprint density at radius 3 is 2.38 bits per heavy atom. The van der Waals surface area contributed by atoms with E-state index in [-0.39, 0.29) is 5.75 Å². The summed E-state index contributed by atoms with van der Waals surface area (Å²) in [4.78, 5) is 0.301. The summed E-state index contributed by atoms with van der Waals surface area (Å²) in [6, 6.07) is 16.5. The van der Waals surface area contributed by atoms with Crippen LogP contribution in [0.1, 0.15) is 18.3 Å². The summed E-state index contributed by atoms with van der Waals surface area (Å²) < 4.78 is 28.1. The van der Waals surface area contributed by atoms with Crippen molar-refractivity contribution in [2.75, 3.05) is 0 Å². The van der Waals surface area contributed by atoms with Crippen molar-refractivity contribution in [1.29, 1.82) is 0 Å². The van der Waals surface area contributed by atoms with Crippen molar-refractivity contribution in [2.45, 2.75) is 35.0 Å². The van der Waals surface area contributed by atoms with E-state index in [1.165, 1.54) is 5.56 Å². The fourth-order valence-electron chi connectivity index (χ4n) is 2.46. The Kier molecular flexibility index (Phi) is 6.16. The van der Waals surface area contributed by atoms with Crippen molar-refractivity contribution in [2.24, 2.45) is 0 Å². The largest absolute Gasteiger partial charge is 0.305 e. The van der Waals surface area contributed by atoms with Crippen LogP contribution in [-0.2, 0) is 27.9 Å². The highest BCUT2D eigenvalue weighted by Crippen LogP contribution is 2.24. The molecule has 136 valence electrons. The summed E-state index contributed by atoms with van der Waals surface area (Å²) >= 11 is 4.98. The maximum atomic E-state index is 12.6. The summed E-state index contributed by atoms with van der Waals surface area (Å²) in [6.45, 7) is 2.58. The molecule has 1 aromatic heterocycles. The van der Waals surface area contributed by atoms with Gasteiger partial charge < -0.3 is 4.57 Å². The molecule has 0 spiro atoms. The lowest BCUT2D eigenvalue weighted by atomic mass is 10.2. The van der Waals surface area contributed by atoms with Crippen LogP contribution in [0.2, 0.25) is 0 Å². The smallest absolute Gasteiger partial charge is 0.191 e. The molecule has 0 amide bonds. The molecule has 0 aliphatic heterocycles. The van der Waals surface area contributed by atoms with Gasteiger partial charge in [-0.25, -0.2) is 8.42 Å². The SMILES string of the molecule is CCn1c(CS(=O)(=O)c2ccccc2)nnc1SCc1ccc(Br)cc1. The van der Waals surface area contributed by atoms with Crippen LogP contribution in [0.4, 0.5) is 0 Å². The van der Waals surface area contributed by atoms with Crippen molar-refractivity contribution in [3.8, 4) is 0 Å². The third kappa shape index (κ3) is 4.55. The lowest BCUT2D eigenvalue weighted by Gasteiger charge is -2.08. The van der Waals surface area contributed by atoms with E-state index in [1.54, 1.807) is 42.1 Å². The molecule has 8 heteroatoms. The molecule has 2 aromatic carbocycles. The van der Waals surface area contributed by atoms with Crippen molar-refractivity contribution in [1.82, 2.24) is 14.8 Å². The number of benzene rings is 2. The number of aromatic nitrogens is 3. The van der Waals surface area contributed by atoms with E-state index in [2.05, 4.69) is 26.1 Å². The predicted molar refractivity (Wildman–Crippen MR) is 107 cm³/mol. The monoisotopic (exact) mass is 451 g/mol. The van der Waals surface area contributed by atoms with E-state index in [1.807, 2.05) is 35.8 Å². The highest BCUT2D eigenvalue weighted by Gasteiger charge is 2.20. The van der Waals surface area contributed by atoms with Crippen LogP contribution in [0, 0.1) is 0 Å². The number of hydrogen-bond acceptors (Lipinski definition) is 5. The summed E-state index contributed by atoms with van der Waals surface area (Å²) in [5.41, 5.74) is 1.17. The average molecular weight is 452 g/mol. The van der Waals surface area contributed by atoms with Gasteiger partial charge in [0.05, 0.1) is 4.90 Å². The van der Waals surface area contributed by atoms with Gasteiger partial charge in [-0.1, -0.05) is 58.0 Å². The summed E-state index contributed by atoms with van der Waals surface area (Å²) in [7, 11) is -3.44. The zero-order valence-corrected chi connectivity index (χ0v) is 17.4. The van der Waals surface area contributed by atoms with Crippen LogP contribution < -0.4 is 0 Å². The van der Waals surface area contributed by atoms with E-state index in [0.717, 1.165) is 15.4 Å². The van der Waals surface area contributed by atoms with Crippen LogP contribution in [0.3, 0.4) is 0 Å². The number of rotatable bonds is 7. The second-order valence-corrected chi connectivity index (χ2v) is 9.48. The first kappa shape index (κ1) is 19.1. The number of nitrogens with zero attached hydrogens (tertiary/aromatic N) is 3. The fraction of sp³-hybridized carbons (Fsp3) is 0.222. The van der Waals surface area contributed by atoms with E-state index in [9.17, 15) is 8.42 Å². The Hall–Kier alpha value is -1.64. The third-order valence-electron chi connectivity index (χ3n) is 3.81. The van der Waals surface area contributed by atoms with Gasteiger partial charge in [0.15, 0.2) is 15.0 Å². The molecule has 0 atom stereocenters. The van der Waals surface area contributed by atoms with Crippen LogP contribution >= 0.6 is 27.7 Å². The molecule has 0 saturated heterocycles. The summed E-state index contributed by atoms with van der Waals surface area (Å²) in [6.07, 6.45) is 0. The maximum Gasteiger partial charge on any atom is 0.191 e. The highest BCUT2D eigenvalue weighted by atomic mass is 79.9. The van der Waals surface area contributed by atoms with Gasteiger partial charge in [-0.05, 0) is 36.8 Å². The van der Waals surface area contributed by atoms with Gasteiger partial charge in [0.25, 0.3) is 0 Å². The Bertz CT molecular complexity index is 971. The Morgan fingerprint density at radius 2 is 1.73 bits per heavy atom. The first-order chi connectivity index (χ1) is 12.5. The third-order valence-corrected chi connectivity index (χ3v) is 7.01. The van der Waals surface area contributed by atoms with E-state index < -0.39 is 9.84 Å². The van der Waals surface area contributed by atoms with Crippen molar-refractivity contribution in [3.63, 3.8) is 0 Å². The molecule has 0 unspecified atom stereocenters. The molecule has 0 radical (unpaired) electrons. The minimum Gasteiger partial charge on any atom is -0.305 e. The molecule has 0 aliphatic carbocycles. The first-order valence-corrected chi connectivity index (χ1v) is 11.5. The Labute approximate surface area is 165 Å². The molecular formula is C18H18BrN3O2S2. The average Bonchev–Trinajstić information content (AvgIpc) is 3.03. The van der Waals surface area contributed by atoms with Crippen molar-refractivity contribution < 1.29 is 8.42 Å². The Balaban J connectivity index is 1.76. The molecule has 0 bridgehead atoms. The number of halogens is 1. The maximum absolute atomic E-state index is 12.6. The first-order valence-electron chi connectivity index (χ1n) is 8.06. The van der Waals surface area contributed by atoms with Crippen LogP contribution in [0.5, 0.6) is 0 Å².